The summed E-state index contributed by atoms with van der Waals surface area (Å²) in [5.41, 5.74) is 1.98. The number of hydrogen-bond donors (Lipinski definition) is 1. The molecule has 1 aliphatic rings. The number of carbonyl (C=O) groups excluding carboxylic acids is 3. The third-order valence-corrected chi connectivity index (χ3v) is 5.43. The second-order valence-electron chi connectivity index (χ2n) is 6.23. The van der Waals surface area contributed by atoms with Crippen molar-refractivity contribution in [3.63, 3.8) is 0 Å². The first-order valence-electron chi connectivity index (χ1n) is 8.47. The van der Waals surface area contributed by atoms with Crippen LogP contribution in [0.3, 0.4) is 0 Å². The average Bonchev–Trinajstić information content (AvgIpc) is 2.72. The number of fused-ring (bicyclic) bond motifs is 2. The molecule has 3 aromatic rings. The highest BCUT2D eigenvalue weighted by Crippen LogP contribution is 2.35. The zero-order chi connectivity index (χ0) is 19.8. The highest BCUT2D eigenvalue weighted by atomic mass is 32.2. The van der Waals surface area contributed by atoms with E-state index < -0.39 is 11.7 Å². The summed E-state index contributed by atoms with van der Waals surface area (Å²) in [4.78, 5) is 39.1. The Balaban J connectivity index is 1.79. The molecule has 138 valence electrons. The third-order valence-electron chi connectivity index (χ3n) is 4.60. The van der Waals surface area contributed by atoms with Crippen molar-refractivity contribution < 1.29 is 18.8 Å². The van der Waals surface area contributed by atoms with Crippen LogP contribution in [0.25, 0.3) is 0 Å². The Kier molecular flexibility index (Phi) is 4.57. The molecule has 0 heterocycles. The Morgan fingerprint density at radius 2 is 1.50 bits per heavy atom. The molecule has 0 saturated carbocycles. The van der Waals surface area contributed by atoms with Crippen LogP contribution >= 0.6 is 11.8 Å². The Labute approximate surface area is 164 Å². The topological polar surface area (TPSA) is 63.2 Å². The van der Waals surface area contributed by atoms with E-state index in [-0.39, 0.29) is 22.7 Å². The smallest absolute Gasteiger partial charge is 0.256 e. The summed E-state index contributed by atoms with van der Waals surface area (Å²) in [7, 11) is 0. The van der Waals surface area contributed by atoms with Crippen molar-refractivity contribution in [3.8, 4) is 0 Å². The van der Waals surface area contributed by atoms with Gasteiger partial charge in [-0.05, 0) is 42.7 Å². The molecule has 4 rings (SSSR count). The summed E-state index contributed by atoms with van der Waals surface area (Å²) in [5, 5.41) is 2.70. The molecule has 0 bridgehead atoms. The summed E-state index contributed by atoms with van der Waals surface area (Å²) in [6.45, 7) is 0. The van der Waals surface area contributed by atoms with Gasteiger partial charge in [-0.1, -0.05) is 24.3 Å². The molecule has 1 amide bonds. The molecule has 0 unspecified atom stereocenters. The zero-order valence-electron chi connectivity index (χ0n) is 14.8. The van der Waals surface area contributed by atoms with Crippen molar-refractivity contribution in [2.75, 3.05) is 11.6 Å². The molecule has 3 aromatic carbocycles. The quantitative estimate of drug-likeness (QED) is 0.520. The maximum Gasteiger partial charge on any atom is 0.256 e. The van der Waals surface area contributed by atoms with E-state index in [0.29, 0.717) is 27.3 Å². The van der Waals surface area contributed by atoms with Gasteiger partial charge < -0.3 is 5.32 Å². The number of benzene rings is 3. The molecule has 6 heteroatoms. The molecule has 0 fully saturated rings. The van der Waals surface area contributed by atoms with Gasteiger partial charge >= 0.3 is 0 Å². The van der Waals surface area contributed by atoms with E-state index in [2.05, 4.69) is 5.32 Å². The van der Waals surface area contributed by atoms with Gasteiger partial charge in [-0.2, -0.15) is 0 Å². The minimum absolute atomic E-state index is 0.231. The van der Waals surface area contributed by atoms with Crippen LogP contribution in [0.1, 0.15) is 42.2 Å². The van der Waals surface area contributed by atoms with Crippen molar-refractivity contribution in [2.24, 2.45) is 0 Å². The van der Waals surface area contributed by atoms with Gasteiger partial charge in [-0.15, -0.1) is 11.8 Å². The molecule has 4 nitrogen and oxygen atoms in total. The fourth-order valence-corrected chi connectivity index (χ4v) is 4.07. The summed E-state index contributed by atoms with van der Waals surface area (Å²) >= 11 is 1.24. The summed E-state index contributed by atoms with van der Waals surface area (Å²) in [5.74, 6) is -1.34. The van der Waals surface area contributed by atoms with Crippen LogP contribution < -0.4 is 5.32 Å². The number of rotatable bonds is 3. The number of carbonyl (C=O) groups is 3. The van der Waals surface area contributed by atoms with E-state index >= 15 is 0 Å². The van der Waals surface area contributed by atoms with Crippen LogP contribution in [0.4, 0.5) is 10.1 Å². The van der Waals surface area contributed by atoms with Crippen LogP contribution in [-0.4, -0.2) is 23.7 Å². The number of anilines is 1. The molecule has 0 radical (unpaired) electrons. The van der Waals surface area contributed by atoms with Crippen LogP contribution in [-0.2, 0) is 0 Å². The second-order valence-corrected chi connectivity index (χ2v) is 7.05. The number of hydrogen-bond acceptors (Lipinski definition) is 4. The monoisotopic (exact) mass is 391 g/mol. The lowest BCUT2D eigenvalue weighted by molar-refractivity contribution is 0.0975. The largest absolute Gasteiger partial charge is 0.322 e. The first-order valence-corrected chi connectivity index (χ1v) is 9.70. The lowest BCUT2D eigenvalue weighted by atomic mass is 9.83. The molecule has 0 spiro atoms. The van der Waals surface area contributed by atoms with Crippen molar-refractivity contribution in [1.29, 1.82) is 0 Å². The Morgan fingerprint density at radius 1 is 0.857 bits per heavy atom. The maximum atomic E-state index is 13.1. The van der Waals surface area contributed by atoms with Crippen molar-refractivity contribution in [1.82, 2.24) is 0 Å². The molecular formula is C22H14FNO3S. The summed E-state index contributed by atoms with van der Waals surface area (Å²) in [6.07, 6.45) is 1.75. The molecular weight excluding hydrogens is 377 g/mol. The van der Waals surface area contributed by atoms with E-state index in [9.17, 15) is 18.8 Å². The number of ketones is 2. The summed E-state index contributed by atoms with van der Waals surface area (Å²) < 4.78 is 13.1. The van der Waals surface area contributed by atoms with Gasteiger partial charge in [0.1, 0.15) is 5.82 Å². The Hall–Kier alpha value is -3.25. The standard InChI is InChI=1S/C22H14FNO3S/c1-28-21-17(22(27)24-13-8-6-12(23)7-9-13)11-10-16-18(21)20(26)15-5-3-2-4-14(15)19(16)25/h2-11H,1H3,(H,24,27). The number of nitrogens with one attached hydrogen (secondary N) is 1. The predicted molar refractivity (Wildman–Crippen MR) is 106 cm³/mol. The van der Waals surface area contributed by atoms with Gasteiger partial charge in [-0.25, -0.2) is 4.39 Å². The lowest BCUT2D eigenvalue weighted by Gasteiger charge is -2.21. The molecule has 0 aliphatic heterocycles. The Morgan fingerprint density at radius 3 is 2.14 bits per heavy atom. The normalized spacial score (nSPS) is 12.4. The zero-order valence-corrected chi connectivity index (χ0v) is 15.6. The van der Waals surface area contributed by atoms with Crippen LogP contribution in [0, 0.1) is 5.82 Å². The second kappa shape index (κ2) is 7.05. The van der Waals surface area contributed by atoms with Crippen LogP contribution in [0.2, 0.25) is 0 Å². The van der Waals surface area contributed by atoms with Crippen molar-refractivity contribution in [2.45, 2.75) is 4.90 Å². The average molecular weight is 391 g/mol. The van der Waals surface area contributed by atoms with E-state index in [0.717, 1.165) is 0 Å². The fourth-order valence-electron chi connectivity index (χ4n) is 3.28. The number of thioether (sulfide) groups is 1. The first-order chi connectivity index (χ1) is 13.5. The minimum atomic E-state index is -0.433. The van der Waals surface area contributed by atoms with Gasteiger partial charge in [-0.3, -0.25) is 14.4 Å². The van der Waals surface area contributed by atoms with Crippen LogP contribution in [0.15, 0.2) is 65.6 Å². The highest BCUT2D eigenvalue weighted by Gasteiger charge is 2.33. The third kappa shape index (κ3) is 2.92. The van der Waals surface area contributed by atoms with E-state index in [1.807, 2.05) is 0 Å². The lowest BCUT2D eigenvalue weighted by Crippen LogP contribution is -2.24. The van der Waals surface area contributed by atoms with Crippen molar-refractivity contribution in [3.05, 3.63) is 94.3 Å². The summed E-state index contributed by atoms with van der Waals surface area (Å²) in [6, 6.07) is 15.1. The highest BCUT2D eigenvalue weighted by molar-refractivity contribution is 7.98. The molecule has 0 atom stereocenters. The van der Waals surface area contributed by atoms with Crippen molar-refractivity contribution >= 4 is 34.9 Å². The molecule has 1 N–H and O–H groups in total. The first kappa shape index (κ1) is 18.1. The fraction of sp³-hybridized carbons (Fsp3) is 0.0455. The van der Waals surface area contributed by atoms with Crippen LogP contribution in [0.5, 0.6) is 0 Å². The predicted octanol–water partition coefficient (Wildman–Crippen LogP) is 4.58. The van der Waals surface area contributed by atoms with Gasteiger partial charge in [0.2, 0.25) is 0 Å². The van der Waals surface area contributed by atoms with E-state index in [4.69, 9.17) is 0 Å². The molecule has 1 aliphatic carbocycles. The van der Waals surface area contributed by atoms with E-state index in [1.165, 1.54) is 42.1 Å². The van der Waals surface area contributed by atoms with Gasteiger partial charge in [0.15, 0.2) is 11.6 Å². The minimum Gasteiger partial charge on any atom is -0.322 e. The van der Waals surface area contributed by atoms with Gasteiger partial charge in [0.05, 0.1) is 5.56 Å². The SMILES string of the molecule is CSc1c(C(=O)Nc2ccc(F)cc2)ccc2c1C(=O)c1ccccc1C2=O. The van der Waals surface area contributed by atoms with Gasteiger partial charge in [0, 0.05) is 32.8 Å². The Bertz CT molecular complexity index is 1140. The molecule has 28 heavy (non-hydrogen) atoms. The molecule has 0 saturated heterocycles. The number of halogens is 1. The number of amides is 1. The maximum absolute atomic E-state index is 13.1. The van der Waals surface area contributed by atoms with E-state index in [1.54, 1.807) is 36.6 Å². The molecule has 0 aromatic heterocycles. The van der Waals surface area contributed by atoms with Gasteiger partial charge in [0.25, 0.3) is 5.91 Å².